The Morgan fingerprint density at radius 2 is 1.67 bits per heavy atom. The summed E-state index contributed by atoms with van der Waals surface area (Å²) in [5.41, 5.74) is 3.87. The molecule has 21 heavy (non-hydrogen) atoms. The number of benzene rings is 2. The molecule has 2 aromatic rings. The van der Waals surface area contributed by atoms with Crippen molar-refractivity contribution in [2.24, 2.45) is 0 Å². The lowest BCUT2D eigenvalue weighted by molar-refractivity contribution is 0.414. The molecule has 1 nitrogen and oxygen atoms in total. The van der Waals surface area contributed by atoms with Crippen LogP contribution in [0.4, 0.5) is 0 Å². The summed E-state index contributed by atoms with van der Waals surface area (Å²) >= 11 is 3.70. The van der Waals surface area contributed by atoms with Gasteiger partial charge in [-0.3, -0.25) is 0 Å². The van der Waals surface area contributed by atoms with Crippen molar-refractivity contribution in [2.75, 3.05) is 0 Å². The highest BCUT2D eigenvalue weighted by molar-refractivity contribution is 9.10. The maximum atomic E-state index is 6.16. The van der Waals surface area contributed by atoms with E-state index in [1.807, 2.05) is 12.1 Å². The Balaban J connectivity index is 2.27. The zero-order valence-electron chi connectivity index (χ0n) is 13.3. The molecule has 0 amide bonds. The van der Waals surface area contributed by atoms with E-state index in [2.05, 4.69) is 74.8 Å². The lowest BCUT2D eigenvalue weighted by atomic mass is 9.73. The molecule has 110 valence electrons. The smallest absolute Gasteiger partial charge is 0.145 e. The monoisotopic (exact) mass is 344 g/mol. The van der Waals surface area contributed by atoms with Crippen LogP contribution in [-0.2, 0) is 10.8 Å². The Morgan fingerprint density at radius 3 is 2.33 bits per heavy atom. The summed E-state index contributed by atoms with van der Waals surface area (Å²) < 4.78 is 7.20. The van der Waals surface area contributed by atoms with Crippen molar-refractivity contribution in [1.29, 1.82) is 0 Å². The van der Waals surface area contributed by atoms with Gasteiger partial charge in [-0.1, -0.05) is 58.9 Å². The van der Waals surface area contributed by atoms with Gasteiger partial charge in [0.25, 0.3) is 0 Å². The summed E-state index contributed by atoms with van der Waals surface area (Å²) in [5.74, 6) is 1.91. The van der Waals surface area contributed by atoms with Crippen LogP contribution < -0.4 is 4.74 Å². The van der Waals surface area contributed by atoms with E-state index in [1.54, 1.807) is 0 Å². The van der Waals surface area contributed by atoms with Crippen LogP contribution in [0, 0.1) is 0 Å². The molecule has 1 aliphatic heterocycles. The zero-order valence-corrected chi connectivity index (χ0v) is 14.8. The van der Waals surface area contributed by atoms with Gasteiger partial charge in [-0.05, 0) is 39.0 Å². The Labute approximate surface area is 135 Å². The van der Waals surface area contributed by atoms with Crippen molar-refractivity contribution in [3.63, 3.8) is 0 Å². The van der Waals surface area contributed by atoms with Crippen molar-refractivity contribution < 1.29 is 4.74 Å². The summed E-state index contributed by atoms with van der Waals surface area (Å²) in [6, 6.07) is 12.8. The molecule has 2 heteroatoms. The molecule has 0 bridgehead atoms. The first-order chi connectivity index (χ1) is 9.71. The van der Waals surface area contributed by atoms with Gasteiger partial charge in [0, 0.05) is 16.5 Å². The van der Waals surface area contributed by atoms with Gasteiger partial charge in [0.15, 0.2) is 0 Å². The molecule has 0 saturated carbocycles. The van der Waals surface area contributed by atoms with E-state index in [1.165, 1.54) is 16.7 Å². The lowest BCUT2D eigenvalue weighted by Gasteiger charge is -2.36. The molecule has 1 heterocycles. The molecule has 0 saturated heterocycles. The largest absolute Gasteiger partial charge is 0.456 e. The third-order valence-corrected chi connectivity index (χ3v) is 4.94. The maximum absolute atomic E-state index is 6.16. The average molecular weight is 345 g/mol. The van der Waals surface area contributed by atoms with E-state index in [0.29, 0.717) is 0 Å². The number of fused-ring (bicyclic) bond motifs is 2. The highest BCUT2D eigenvalue weighted by Gasteiger charge is 2.36. The quantitative estimate of drug-likeness (QED) is 0.554. The van der Waals surface area contributed by atoms with Gasteiger partial charge < -0.3 is 4.74 Å². The minimum atomic E-state index is -0.0616. The van der Waals surface area contributed by atoms with E-state index < -0.39 is 0 Å². The fraction of sp³-hybridized carbons (Fsp3) is 0.368. The highest BCUT2D eigenvalue weighted by Crippen LogP contribution is 2.51. The van der Waals surface area contributed by atoms with Crippen molar-refractivity contribution >= 4 is 15.9 Å². The second kappa shape index (κ2) is 4.61. The minimum absolute atomic E-state index is 0.0616. The van der Waals surface area contributed by atoms with Crippen molar-refractivity contribution in [3.8, 4) is 11.5 Å². The standard InChI is InChI=1S/C19H21BrO/c1-18(2,3)12-10-14-17(15(20)11-12)21-16-9-7-6-8-13(16)19(14,4)5/h6-11H,1-5H3. The summed E-state index contributed by atoms with van der Waals surface area (Å²) in [5, 5.41) is 0. The zero-order chi connectivity index (χ0) is 15.4. The molecular weight excluding hydrogens is 324 g/mol. The Morgan fingerprint density at radius 1 is 1.00 bits per heavy atom. The van der Waals surface area contributed by atoms with Crippen LogP contribution in [0.25, 0.3) is 0 Å². The molecule has 1 aliphatic rings. The molecule has 3 rings (SSSR count). The van der Waals surface area contributed by atoms with E-state index in [-0.39, 0.29) is 10.8 Å². The SMILES string of the molecule is CC(C)(C)c1cc(Br)c2c(c1)C(C)(C)c1ccccc1O2. The normalized spacial score (nSPS) is 15.9. The van der Waals surface area contributed by atoms with Gasteiger partial charge in [0.2, 0.25) is 0 Å². The Bertz CT molecular complexity index is 708. The molecule has 0 fully saturated rings. The van der Waals surface area contributed by atoms with Crippen LogP contribution in [-0.4, -0.2) is 0 Å². The molecular formula is C19H21BrO. The van der Waals surface area contributed by atoms with Crippen molar-refractivity contribution in [2.45, 2.75) is 45.4 Å². The second-order valence-corrected chi connectivity index (χ2v) is 8.16. The van der Waals surface area contributed by atoms with Crippen molar-refractivity contribution in [1.82, 2.24) is 0 Å². The van der Waals surface area contributed by atoms with Gasteiger partial charge in [-0.15, -0.1) is 0 Å². The third kappa shape index (κ3) is 2.30. The highest BCUT2D eigenvalue weighted by atomic mass is 79.9. The molecule has 0 spiro atoms. The Hall–Kier alpha value is -1.28. The Kier molecular flexibility index (Phi) is 3.21. The van der Waals surface area contributed by atoms with Gasteiger partial charge in [-0.25, -0.2) is 0 Å². The number of halogens is 1. The number of ether oxygens (including phenoxy) is 1. The second-order valence-electron chi connectivity index (χ2n) is 7.31. The number of hydrogen-bond donors (Lipinski definition) is 0. The van der Waals surface area contributed by atoms with Gasteiger partial charge in [-0.2, -0.15) is 0 Å². The van der Waals surface area contributed by atoms with Gasteiger partial charge in [0.05, 0.1) is 4.47 Å². The summed E-state index contributed by atoms with van der Waals surface area (Å²) in [7, 11) is 0. The van der Waals surface area contributed by atoms with E-state index in [4.69, 9.17) is 4.74 Å². The summed E-state index contributed by atoms with van der Waals surface area (Å²) in [6.07, 6.45) is 0. The molecule has 0 aromatic heterocycles. The topological polar surface area (TPSA) is 9.23 Å². The summed E-state index contributed by atoms with van der Waals surface area (Å²) in [4.78, 5) is 0. The van der Waals surface area contributed by atoms with Crippen LogP contribution >= 0.6 is 15.9 Å². The number of para-hydroxylation sites is 1. The first-order valence-corrected chi connectivity index (χ1v) is 8.12. The van der Waals surface area contributed by atoms with Crippen LogP contribution in [0.3, 0.4) is 0 Å². The average Bonchev–Trinajstić information content (AvgIpc) is 2.39. The van der Waals surface area contributed by atoms with Crippen LogP contribution in [0.2, 0.25) is 0 Å². The number of hydrogen-bond acceptors (Lipinski definition) is 1. The first kappa shape index (κ1) is 14.6. The molecule has 0 unspecified atom stereocenters. The predicted molar refractivity (Wildman–Crippen MR) is 91.5 cm³/mol. The maximum Gasteiger partial charge on any atom is 0.145 e. The van der Waals surface area contributed by atoms with E-state index in [9.17, 15) is 0 Å². The molecule has 2 aromatic carbocycles. The molecule has 0 atom stereocenters. The van der Waals surface area contributed by atoms with Crippen molar-refractivity contribution in [3.05, 3.63) is 57.6 Å². The lowest BCUT2D eigenvalue weighted by Crippen LogP contribution is -2.25. The minimum Gasteiger partial charge on any atom is -0.456 e. The van der Waals surface area contributed by atoms with Gasteiger partial charge >= 0.3 is 0 Å². The fourth-order valence-corrected chi connectivity index (χ4v) is 3.46. The third-order valence-electron chi connectivity index (χ3n) is 4.36. The first-order valence-electron chi connectivity index (χ1n) is 7.33. The number of rotatable bonds is 0. The van der Waals surface area contributed by atoms with E-state index >= 15 is 0 Å². The fourth-order valence-electron chi connectivity index (χ4n) is 2.92. The molecule has 0 radical (unpaired) electrons. The van der Waals surface area contributed by atoms with Gasteiger partial charge in [0.1, 0.15) is 11.5 Å². The predicted octanol–water partition coefficient (Wildman–Crippen LogP) is 6.18. The van der Waals surface area contributed by atoms with E-state index in [0.717, 1.165) is 16.0 Å². The molecule has 0 N–H and O–H groups in total. The summed E-state index contributed by atoms with van der Waals surface area (Å²) in [6.45, 7) is 11.3. The van der Waals surface area contributed by atoms with Crippen LogP contribution in [0.1, 0.15) is 51.3 Å². The van der Waals surface area contributed by atoms with Crippen LogP contribution in [0.15, 0.2) is 40.9 Å². The molecule has 0 aliphatic carbocycles. The van der Waals surface area contributed by atoms with Crippen LogP contribution in [0.5, 0.6) is 11.5 Å².